The number of nitrogens with zero attached hydrogens (tertiary/aromatic N) is 1. The summed E-state index contributed by atoms with van der Waals surface area (Å²) in [5.41, 5.74) is 8.14. The number of quaternary nitrogens is 1. The number of hydrogen-bond donors (Lipinski definition) is 3. The fraction of sp³-hybridized carbons (Fsp3) is 0.250. The van der Waals surface area contributed by atoms with E-state index in [2.05, 4.69) is 41.3 Å². The van der Waals surface area contributed by atoms with Crippen molar-refractivity contribution in [2.45, 2.75) is 40.2 Å². The molecule has 0 spiro atoms. The number of aromatic nitrogens is 1. The highest BCUT2D eigenvalue weighted by atomic mass is 35.5. The maximum Gasteiger partial charge on any atom is 0.415 e. The third-order valence-corrected chi connectivity index (χ3v) is 5.38. The van der Waals surface area contributed by atoms with E-state index in [1.54, 1.807) is 12.4 Å². The van der Waals surface area contributed by atoms with Crippen LogP contribution in [0.15, 0.2) is 48.8 Å². The van der Waals surface area contributed by atoms with Gasteiger partial charge in [-0.3, -0.25) is 16.0 Å². The van der Waals surface area contributed by atoms with E-state index in [1.807, 2.05) is 44.2 Å². The van der Waals surface area contributed by atoms with E-state index in [-0.39, 0.29) is 12.1 Å². The number of hydrogen-bond acceptors (Lipinski definition) is 4. The molecule has 3 aromatic rings. The second-order valence-electron chi connectivity index (χ2n) is 7.69. The summed E-state index contributed by atoms with van der Waals surface area (Å²) in [7, 11) is 0. The molecule has 1 heterocycles. The van der Waals surface area contributed by atoms with E-state index in [0.29, 0.717) is 10.8 Å². The molecule has 0 bridgehead atoms. The molecule has 0 fully saturated rings. The number of amides is 2. The van der Waals surface area contributed by atoms with Gasteiger partial charge in [0.05, 0.1) is 11.2 Å². The van der Waals surface area contributed by atoms with Crippen LogP contribution in [0.4, 0.5) is 10.5 Å². The lowest BCUT2D eigenvalue weighted by molar-refractivity contribution is -0.249. The largest absolute Gasteiger partial charge is 0.456 e. The van der Waals surface area contributed by atoms with Gasteiger partial charge in [0.1, 0.15) is 11.5 Å². The lowest BCUT2D eigenvalue weighted by Gasteiger charge is -2.20. The van der Waals surface area contributed by atoms with E-state index in [0.717, 1.165) is 45.5 Å². The van der Waals surface area contributed by atoms with E-state index < -0.39 is 0 Å². The van der Waals surface area contributed by atoms with E-state index in [9.17, 15) is 4.79 Å². The topological polar surface area (TPSA) is 90.9 Å². The normalized spacial score (nSPS) is 12.2. The lowest BCUT2D eigenvalue weighted by Crippen LogP contribution is -2.61. The zero-order valence-electron chi connectivity index (χ0n) is 18.3. The number of nitrogens with one attached hydrogen (secondary N) is 2. The summed E-state index contributed by atoms with van der Waals surface area (Å²) in [5.74, 6) is 1.46. The SMILES string of the molecule is Cc1ccc(Oc2c(C)cc(NC(C)C/C=C/NC([NH3+])=O)c3nccc(C)c23)cc1Cl. The predicted molar refractivity (Wildman–Crippen MR) is 126 cm³/mol. The van der Waals surface area contributed by atoms with Gasteiger partial charge in [-0.05, 0) is 75.1 Å². The van der Waals surface area contributed by atoms with Crippen molar-refractivity contribution < 1.29 is 15.3 Å². The van der Waals surface area contributed by atoms with Crippen molar-refractivity contribution in [2.75, 3.05) is 5.32 Å². The van der Waals surface area contributed by atoms with Crippen LogP contribution in [0.2, 0.25) is 5.02 Å². The number of aryl methyl sites for hydroxylation is 3. The number of ether oxygens (including phenoxy) is 1. The smallest absolute Gasteiger partial charge is 0.415 e. The summed E-state index contributed by atoms with van der Waals surface area (Å²) in [4.78, 5) is 15.5. The molecule has 0 radical (unpaired) electrons. The summed E-state index contributed by atoms with van der Waals surface area (Å²) in [6, 6.07) is 9.53. The van der Waals surface area contributed by atoms with Crippen LogP contribution in [0.1, 0.15) is 30.0 Å². The molecule has 6 nitrogen and oxygen atoms in total. The quantitative estimate of drug-likeness (QED) is 0.468. The molecule has 1 atom stereocenters. The Morgan fingerprint density at radius 1 is 1.19 bits per heavy atom. The highest BCUT2D eigenvalue weighted by Gasteiger charge is 2.16. The Labute approximate surface area is 187 Å². The van der Waals surface area contributed by atoms with Gasteiger partial charge in [0.15, 0.2) is 0 Å². The zero-order valence-corrected chi connectivity index (χ0v) is 19.0. The molecule has 1 unspecified atom stereocenters. The molecule has 162 valence electrons. The third-order valence-electron chi connectivity index (χ3n) is 4.98. The van der Waals surface area contributed by atoms with Crippen molar-refractivity contribution in [1.29, 1.82) is 0 Å². The number of pyridine rings is 1. The fourth-order valence-electron chi connectivity index (χ4n) is 3.34. The van der Waals surface area contributed by atoms with Crippen molar-refractivity contribution in [3.8, 4) is 11.5 Å². The molecule has 0 aliphatic heterocycles. The van der Waals surface area contributed by atoms with E-state index >= 15 is 0 Å². The molecule has 0 aliphatic rings. The Hall–Kier alpha value is -3.09. The first kappa shape index (κ1) is 22.6. The van der Waals surface area contributed by atoms with Gasteiger partial charge in [0.25, 0.3) is 0 Å². The number of benzene rings is 2. The minimum atomic E-state index is -0.330. The molecule has 5 N–H and O–H groups in total. The Morgan fingerprint density at radius 3 is 2.68 bits per heavy atom. The summed E-state index contributed by atoms with van der Waals surface area (Å²) < 4.78 is 6.29. The molecular weight excluding hydrogens is 412 g/mol. The van der Waals surface area contributed by atoms with Crippen LogP contribution in [0.3, 0.4) is 0 Å². The average Bonchev–Trinajstić information content (AvgIpc) is 2.71. The van der Waals surface area contributed by atoms with Crippen molar-refractivity contribution in [3.63, 3.8) is 0 Å². The van der Waals surface area contributed by atoms with Crippen LogP contribution >= 0.6 is 11.6 Å². The summed E-state index contributed by atoms with van der Waals surface area (Å²) in [6.07, 6.45) is 6.04. The third kappa shape index (κ3) is 5.54. The first-order chi connectivity index (χ1) is 14.8. The molecule has 0 saturated carbocycles. The summed E-state index contributed by atoms with van der Waals surface area (Å²) in [6.45, 7) is 8.11. The van der Waals surface area contributed by atoms with E-state index in [4.69, 9.17) is 16.3 Å². The minimum absolute atomic E-state index is 0.130. The first-order valence-electron chi connectivity index (χ1n) is 10.1. The van der Waals surface area contributed by atoms with Crippen LogP contribution in [0.5, 0.6) is 11.5 Å². The van der Waals surface area contributed by atoms with Crippen molar-refractivity contribution in [2.24, 2.45) is 0 Å². The number of fused-ring (bicyclic) bond motifs is 1. The molecule has 7 heteroatoms. The molecular formula is C24H28ClN4O2+. The Bertz CT molecular complexity index is 1140. The Kier molecular flexibility index (Phi) is 7.15. The van der Waals surface area contributed by atoms with Gasteiger partial charge in [-0.25, -0.2) is 4.79 Å². The number of urea groups is 1. The predicted octanol–water partition coefficient (Wildman–Crippen LogP) is 5.26. The molecule has 0 saturated heterocycles. The second kappa shape index (κ2) is 9.81. The van der Waals surface area contributed by atoms with E-state index in [1.165, 1.54) is 0 Å². The number of carbonyl (C=O) groups is 1. The number of halogens is 1. The van der Waals surface area contributed by atoms with Gasteiger partial charge in [-0.2, -0.15) is 0 Å². The highest BCUT2D eigenvalue weighted by Crippen LogP contribution is 2.39. The van der Waals surface area contributed by atoms with Gasteiger partial charge in [0, 0.05) is 28.8 Å². The number of carbonyl (C=O) groups excluding carboxylic acids is 1. The highest BCUT2D eigenvalue weighted by molar-refractivity contribution is 6.31. The van der Waals surface area contributed by atoms with Crippen molar-refractivity contribution >= 4 is 34.2 Å². The number of anilines is 1. The molecule has 1 aromatic heterocycles. The van der Waals surface area contributed by atoms with Gasteiger partial charge in [-0.15, -0.1) is 0 Å². The summed E-state index contributed by atoms with van der Waals surface area (Å²) in [5, 5.41) is 7.72. The van der Waals surface area contributed by atoms with Gasteiger partial charge < -0.3 is 10.1 Å². The molecule has 31 heavy (non-hydrogen) atoms. The molecule has 2 amide bonds. The standard InChI is InChI=1S/C24H27ClN4O2/c1-14-7-8-18(13-19(14)25)31-23-16(3)12-20(22-21(23)15(2)9-11-27-22)29-17(4)6-5-10-28-24(26)30/h5,7-13,17,29H,6H2,1-4H3,(H3,26,28,30)/p+1/b10-5+. The molecule has 0 aliphatic carbocycles. The van der Waals surface area contributed by atoms with Gasteiger partial charge in [-0.1, -0.05) is 23.7 Å². The maximum absolute atomic E-state index is 10.9. The number of rotatable bonds is 7. The lowest BCUT2D eigenvalue weighted by atomic mass is 10.0. The molecule has 3 rings (SSSR count). The molecule has 2 aromatic carbocycles. The Morgan fingerprint density at radius 2 is 1.97 bits per heavy atom. The monoisotopic (exact) mass is 439 g/mol. The van der Waals surface area contributed by atoms with Crippen molar-refractivity contribution in [1.82, 2.24) is 10.3 Å². The van der Waals surface area contributed by atoms with Crippen LogP contribution in [0.25, 0.3) is 10.9 Å². The van der Waals surface area contributed by atoms with Crippen molar-refractivity contribution in [3.05, 3.63) is 70.5 Å². The summed E-state index contributed by atoms with van der Waals surface area (Å²) >= 11 is 6.29. The van der Waals surface area contributed by atoms with Gasteiger partial charge in [0.2, 0.25) is 0 Å². The van der Waals surface area contributed by atoms with Crippen LogP contribution in [0, 0.1) is 20.8 Å². The zero-order chi connectivity index (χ0) is 22.5. The van der Waals surface area contributed by atoms with Gasteiger partial charge >= 0.3 is 6.03 Å². The maximum atomic E-state index is 10.9. The fourth-order valence-corrected chi connectivity index (χ4v) is 3.51. The minimum Gasteiger partial charge on any atom is -0.456 e. The average molecular weight is 440 g/mol. The first-order valence-corrected chi connectivity index (χ1v) is 10.5. The van der Waals surface area contributed by atoms with Crippen LogP contribution < -0.4 is 21.1 Å². The van der Waals surface area contributed by atoms with Crippen LogP contribution in [-0.2, 0) is 0 Å². The Balaban J connectivity index is 1.94. The van der Waals surface area contributed by atoms with Crippen LogP contribution in [-0.4, -0.2) is 17.1 Å². The second-order valence-corrected chi connectivity index (χ2v) is 8.09.